The molecule has 0 amide bonds. The zero-order valence-electron chi connectivity index (χ0n) is 51.2. The Morgan fingerprint density at radius 2 is 0.513 bits per heavy atom. The molecule has 0 fully saturated rings. The summed E-state index contributed by atoms with van der Waals surface area (Å²) in [6, 6.07) is 0. The van der Waals surface area contributed by atoms with Gasteiger partial charge in [0, 0.05) is 19.3 Å². The number of carbonyl (C=O) groups is 3. The lowest BCUT2D eigenvalue weighted by atomic mass is 10.0. The van der Waals surface area contributed by atoms with Gasteiger partial charge in [0.25, 0.3) is 0 Å². The van der Waals surface area contributed by atoms with Gasteiger partial charge in [-0.15, -0.1) is 0 Å². The zero-order valence-corrected chi connectivity index (χ0v) is 51.2. The van der Waals surface area contributed by atoms with Crippen LogP contribution in [-0.4, -0.2) is 37.2 Å². The SMILES string of the molecule is CC/C=C\C/C=C\C/C=C\C/C=C\C/C=C\CCCCCCCCCCCCCC(=O)OCC(COC(=O)CCCCCCC/C=C\C/C=C\CCCC)OC(=O)CCCCCCCCCCC/C=C\C/C=C\CCCCC. The second-order valence-corrected chi connectivity index (χ2v) is 21.6. The molecule has 1 unspecified atom stereocenters. The van der Waals surface area contributed by atoms with Gasteiger partial charge in [0.1, 0.15) is 13.2 Å². The highest BCUT2D eigenvalue weighted by atomic mass is 16.6. The fraction of sp³-hybridized carbons (Fsp3) is 0.708. The summed E-state index contributed by atoms with van der Waals surface area (Å²) in [6.07, 6.45) is 89.5. The van der Waals surface area contributed by atoms with Gasteiger partial charge in [0.2, 0.25) is 0 Å². The van der Waals surface area contributed by atoms with Gasteiger partial charge in [-0.1, -0.05) is 278 Å². The summed E-state index contributed by atoms with van der Waals surface area (Å²) in [7, 11) is 0. The number of hydrogen-bond donors (Lipinski definition) is 0. The summed E-state index contributed by atoms with van der Waals surface area (Å²) < 4.78 is 16.9. The molecule has 78 heavy (non-hydrogen) atoms. The molecule has 0 rings (SSSR count). The minimum Gasteiger partial charge on any atom is -0.462 e. The summed E-state index contributed by atoms with van der Waals surface area (Å²) in [5.41, 5.74) is 0. The van der Waals surface area contributed by atoms with Crippen LogP contribution in [-0.2, 0) is 28.6 Å². The van der Waals surface area contributed by atoms with E-state index in [0.29, 0.717) is 19.3 Å². The molecular weight excluding hydrogens is 961 g/mol. The van der Waals surface area contributed by atoms with Crippen molar-refractivity contribution in [2.75, 3.05) is 13.2 Å². The third-order valence-electron chi connectivity index (χ3n) is 14.0. The summed E-state index contributed by atoms with van der Waals surface area (Å²) in [6.45, 7) is 6.47. The zero-order chi connectivity index (χ0) is 56.4. The molecule has 0 spiro atoms. The van der Waals surface area contributed by atoms with Crippen molar-refractivity contribution in [1.29, 1.82) is 0 Å². The molecule has 0 heterocycles. The number of allylic oxidation sites excluding steroid dienone is 18. The van der Waals surface area contributed by atoms with E-state index in [0.717, 1.165) is 122 Å². The summed E-state index contributed by atoms with van der Waals surface area (Å²) in [4.78, 5) is 38.4. The first-order valence-electron chi connectivity index (χ1n) is 32.9. The Morgan fingerprint density at radius 1 is 0.269 bits per heavy atom. The van der Waals surface area contributed by atoms with E-state index in [1.807, 2.05) is 0 Å². The predicted octanol–water partition coefficient (Wildman–Crippen LogP) is 22.6. The average Bonchev–Trinajstić information content (AvgIpc) is 3.44. The molecule has 0 aromatic carbocycles. The maximum Gasteiger partial charge on any atom is 0.306 e. The molecule has 0 saturated carbocycles. The lowest BCUT2D eigenvalue weighted by Gasteiger charge is -2.18. The van der Waals surface area contributed by atoms with Crippen molar-refractivity contribution < 1.29 is 28.6 Å². The molecule has 0 saturated heterocycles. The predicted molar refractivity (Wildman–Crippen MR) is 339 cm³/mol. The van der Waals surface area contributed by atoms with Crippen LogP contribution in [0.1, 0.15) is 310 Å². The lowest BCUT2D eigenvalue weighted by molar-refractivity contribution is -0.167. The molecule has 6 nitrogen and oxygen atoms in total. The van der Waals surface area contributed by atoms with E-state index in [4.69, 9.17) is 14.2 Å². The Hall–Kier alpha value is -3.93. The number of carbonyl (C=O) groups excluding carboxylic acids is 3. The van der Waals surface area contributed by atoms with Crippen LogP contribution in [0.4, 0.5) is 0 Å². The Kier molecular flexibility index (Phi) is 62.3. The van der Waals surface area contributed by atoms with Crippen LogP contribution in [0.2, 0.25) is 0 Å². The summed E-state index contributed by atoms with van der Waals surface area (Å²) >= 11 is 0. The summed E-state index contributed by atoms with van der Waals surface area (Å²) in [5.74, 6) is -0.898. The lowest BCUT2D eigenvalue weighted by Crippen LogP contribution is -2.30. The van der Waals surface area contributed by atoms with Crippen molar-refractivity contribution in [2.45, 2.75) is 316 Å². The van der Waals surface area contributed by atoms with Crippen molar-refractivity contribution in [3.63, 3.8) is 0 Å². The molecule has 0 aromatic rings. The first-order chi connectivity index (χ1) is 38.5. The average molecular weight is 1080 g/mol. The number of unbranched alkanes of at least 4 members (excludes halogenated alkanes) is 30. The van der Waals surface area contributed by atoms with Gasteiger partial charge in [-0.25, -0.2) is 0 Å². The van der Waals surface area contributed by atoms with Crippen LogP contribution in [0.3, 0.4) is 0 Å². The van der Waals surface area contributed by atoms with E-state index in [1.54, 1.807) is 0 Å². The van der Waals surface area contributed by atoms with Gasteiger partial charge >= 0.3 is 17.9 Å². The first kappa shape index (κ1) is 74.1. The van der Waals surface area contributed by atoms with Crippen LogP contribution in [0.5, 0.6) is 0 Å². The van der Waals surface area contributed by atoms with Crippen LogP contribution in [0, 0.1) is 0 Å². The molecule has 0 aliphatic carbocycles. The maximum absolute atomic E-state index is 12.9. The molecule has 0 aromatic heterocycles. The minimum absolute atomic E-state index is 0.0857. The van der Waals surface area contributed by atoms with Gasteiger partial charge in [0.15, 0.2) is 6.10 Å². The molecule has 0 radical (unpaired) electrons. The first-order valence-corrected chi connectivity index (χ1v) is 32.9. The Morgan fingerprint density at radius 3 is 0.821 bits per heavy atom. The van der Waals surface area contributed by atoms with Crippen LogP contribution < -0.4 is 0 Å². The van der Waals surface area contributed by atoms with Crippen molar-refractivity contribution in [3.8, 4) is 0 Å². The third kappa shape index (κ3) is 62.9. The van der Waals surface area contributed by atoms with E-state index < -0.39 is 6.10 Å². The molecule has 0 bridgehead atoms. The van der Waals surface area contributed by atoms with E-state index in [2.05, 4.69) is 130 Å². The maximum atomic E-state index is 12.9. The Bertz CT molecular complexity index is 1570. The molecular formula is C72H122O6. The fourth-order valence-electron chi connectivity index (χ4n) is 9.05. The quantitative estimate of drug-likeness (QED) is 0.0261. The van der Waals surface area contributed by atoms with Crippen molar-refractivity contribution in [1.82, 2.24) is 0 Å². The van der Waals surface area contributed by atoms with Gasteiger partial charge in [-0.3, -0.25) is 14.4 Å². The van der Waals surface area contributed by atoms with Gasteiger partial charge in [0.05, 0.1) is 0 Å². The summed E-state index contributed by atoms with van der Waals surface area (Å²) in [5, 5.41) is 0. The van der Waals surface area contributed by atoms with E-state index >= 15 is 0 Å². The highest BCUT2D eigenvalue weighted by molar-refractivity contribution is 5.71. The normalized spacial score (nSPS) is 12.8. The molecule has 0 aliphatic rings. The second-order valence-electron chi connectivity index (χ2n) is 21.6. The van der Waals surface area contributed by atoms with Crippen molar-refractivity contribution in [2.24, 2.45) is 0 Å². The van der Waals surface area contributed by atoms with Crippen molar-refractivity contribution >= 4 is 17.9 Å². The largest absolute Gasteiger partial charge is 0.462 e. The minimum atomic E-state index is -0.790. The van der Waals surface area contributed by atoms with Crippen LogP contribution in [0.25, 0.3) is 0 Å². The third-order valence-corrected chi connectivity index (χ3v) is 14.0. The van der Waals surface area contributed by atoms with E-state index in [1.165, 1.54) is 148 Å². The fourth-order valence-corrected chi connectivity index (χ4v) is 9.05. The van der Waals surface area contributed by atoms with E-state index in [9.17, 15) is 14.4 Å². The molecule has 446 valence electrons. The van der Waals surface area contributed by atoms with Gasteiger partial charge in [-0.2, -0.15) is 0 Å². The molecule has 1 atom stereocenters. The molecule has 6 heteroatoms. The molecule has 0 N–H and O–H groups in total. The van der Waals surface area contributed by atoms with Gasteiger partial charge < -0.3 is 14.2 Å². The standard InChI is InChI=1S/C72H122O6/c1-4-7-10-13-16-19-22-25-28-30-32-33-34-35-36-37-38-39-41-42-44-47-50-53-56-59-62-65-71(74)77-68-69(67-76-70(73)64-61-58-55-52-49-46-27-24-21-18-15-12-9-6-3)78-72(75)66-63-60-57-54-51-48-45-43-40-31-29-26-23-20-17-14-11-8-5-2/h7,10,15-20,24-29,32-33,35-36,69H,4-6,8-9,11-14,21-23,30-31,34,37-68H2,1-3H3/b10-7-,18-15-,19-16-,20-17-,27-24-,28-25-,29-26-,33-32-,36-35-. The number of rotatable bonds is 59. The van der Waals surface area contributed by atoms with Crippen molar-refractivity contribution in [3.05, 3.63) is 109 Å². The van der Waals surface area contributed by atoms with Crippen LogP contribution >= 0.6 is 0 Å². The highest BCUT2D eigenvalue weighted by Gasteiger charge is 2.19. The van der Waals surface area contributed by atoms with E-state index in [-0.39, 0.29) is 31.1 Å². The van der Waals surface area contributed by atoms with Crippen LogP contribution in [0.15, 0.2) is 109 Å². The topological polar surface area (TPSA) is 78.9 Å². The molecule has 0 aliphatic heterocycles. The smallest absolute Gasteiger partial charge is 0.306 e. The second kappa shape index (κ2) is 65.6. The Balaban J connectivity index is 4.33. The Labute approximate surface area is 482 Å². The number of esters is 3. The highest BCUT2D eigenvalue weighted by Crippen LogP contribution is 2.16. The van der Waals surface area contributed by atoms with Gasteiger partial charge in [-0.05, 0) is 122 Å². The monoisotopic (exact) mass is 1080 g/mol. The number of ether oxygens (including phenoxy) is 3. The number of hydrogen-bond acceptors (Lipinski definition) is 6.